The molecular formula is C20H22F3NO3. The molecular weight excluding hydrogens is 359 g/mol. The maximum absolute atomic E-state index is 13.2. The lowest BCUT2D eigenvalue weighted by molar-refractivity contribution is -0.160. The molecule has 146 valence electrons. The third-order valence-electron chi connectivity index (χ3n) is 6.16. The van der Waals surface area contributed by atoms with Gasteiger partial charge in [-0.1, -0.05) is 24.3 Å². The molecule has 0 unspecified atom stereocenters. The molecule has 7 heteroatoms. The van der Waals surface area contributed by atoms with Crippen LogP contribution in [0.15, 0.2) is 24.3 Å². The monoisotopic (exact) mass is 381 g/mol. The van der Waals surface area contributed by atoms with E-state index in [4.69, 9.17) is 4.74 Å². The first-order chi connectivity index (χ1) is 12.8. The Hall–Kier alpha value is -2.05. The molecule has 2 aliphatic heterocycles. The number of rotatable bonds is 5. The molecule has 0 aromatic heterocycles. The number of nitrogens with zero attached hydrogens (tertiary/aromatic N) is 1. The second-order valence-corrected chi connectivity index (χ2v) is 7.99. The van der Waals surface area contributed by atoms with Crippen molar-refractivity contribution in [3.63, 3.8) is 0 Å². The fraction of sp³-hybridized carbons (Fsp3) is 0.600. The minimum atomic E-state index is -4.19. The molecule has 1 aromatic rings. The molecule has 3 aliphatic rings. The van der Waals surface area contributed by atoms with E-state index in [-0.39, 0.29) is 36.6 Å². The summed E-state index contributed by atoms with van der Waals surface area (Å²) in [5.41, 5.74) is -0.312. The topological polar surface area (TPSA) is 46.6 Å². The van der Waals surface area contributed by atoms with Crippen LogP contribution in [0.2, 0.25) is 0 Å². The van der Waals surface area contributed by atoms with Crippen molar-refractivity contribution in [3.05, 3.63) is 35.4 Å². The van der Waals surface area contributed by atoms with Gasteiger partial charge in [-0.25, -0.2) is 0 Å². The quantitative estimate of drug-likeness (QED) is 0.733. The van der Waals surface area contributed by atoms with Crippen LogP contribution in [-0.2, 0) is 19.7 Å². The van der Waals surface area contributed by atoms with E-state index in [1.165, 1.54) is 0 Å². The number of carbonyl (C=O) groups excluding carboxylic acids is 2. The van der Waals surface area contributed by atoms with Crippen molar-refractivity contribution in [2.45, 2.75) is 49.6 Å². The molecule has 1 aromatic carbocycles. The molecule has 0 radical (unpaired) electrons. The Labute approximate surface area is 155 Å². The average Bonchev–Trinajstić information content (AvgIpc) is 3.30. The van der Waals surface area contributed by atoms with E-state index in [0.29, 0.717) is 44.5 Å². The molecule has 2 heterocycles. The summed E-state index contributed by atoms with van der Waals surface area (Å²) in [6.07, 6.45) is -2.41. The minimum absolute atomic E-state index is 0.0659. The Bertz CT molecular complexity index is 734. The van der Waals surface area contributed by atoms with Gasteiger partial charge >= 0.3 is 12.1 Å². The highest BCUT2D eigenvalue weighted by Crippen LogP contribution is 2.58. The van der Waals surface area contributed by atoms with Crippen LogP contribution in [0, 0.1) is 5.92 Å². The third kappa shape index (κ3) is 3.44. The highest BCUT2D eigenvalue weighted by Gasteiger charge is 2.64. The average molecular weight is 381 g/mol. The highest BCUT2D eigenvalue weighted by atomic mass is 19.4. The lowest BCUT2D eigenvalue weighted by atomic mass is 9.87. The largest absolute Gasteiger partial charge is 0.465 e. The van der Waals surface area contributed by atoms with Gasteiger partial charge in [0.25, 0.3) is 0 Å². The van der Waals surface area contributed by atoms with Crippen molar-refractivity contribution in [2.75, 3.05) is 19.7 Å². The van der Waals surface area contributed by atoms with Gasteiger partial charge in [-0.05, 0) is 30.4 Å². The fourth-order valence-corrected chi connectivity index (χ4v) is 4.06. The van der Waals surface area contributed by atoms with Crippen LogP contribution >= 0.6 is 0 Å². The third-order valence-corrected chi connectivity index (χ3v) is 6.16. The summed E-state index contributed by atoms with van der Waals surface area (Å²) in [5.74, 6) is 0.185. The van der Waals surface area contributed by atoms with Crippen molar-refractivity contribution < 1.29 is 27.5 Å². The summed E-state index contributed by atoms with van der Waals surface area (Å²) in [6, 6.07) is 6.74. The van der Waals surface area contributed by atoms with Crippen LogP contribution < -0.4 is 0 Å². The second-order valence-electron chi connectivity index (χ2n) is 7.99. The Morgan fingerprint density at radius 1 is 1.19 bits per heavy atom. The maximum Gasteiger partial charge on any atom is 0.398 e. The molecule has 0 N–H and O–H groups in total. The van der Waals surface area contributed by atoms with Gasteiger partial charge in [0.15, 0.2) is 0 Å². The van der Waals surface area contributed by atoms with Crippen LogP contribution in [0.3, 0.4) is 0 Å². The predicted octanol–water partition coefficient (Wildman–Crippen LogP) is 3.55. The summed E-state index contributed by atoms with van der Waals surface area (Å²) >= 11 is 0. The van der Waals surface area contributed by atoms with Gasteiger partial charge in [0.1, 0.15) is 0 Å². The number of alkyl halides is 3. The summed E-state index contributed by atoms with van der Waals surface area (Å²) in [6.45, 7) is 1.60. The van der Waals surface area contributed by atoms with Gasteiger partial charge in [0.2, 0.25) is 5.91 Å². The molecule has 4 rings (SSSR count). The second kappa shape index (κ2) is 6.53. The Kier molecular flexibility index (Phi) is 4.43. The number of ether oxygens (including phenoxy) is 1. The number of amides is 1. The van der Waals surface area contributed by atoms with E-state index in [0.717, 1.165) is 5.56 Å². The summed E-state index contributed by atoms with van der Waals surface area (Å²) in [4.78, 5) is 25.1. The maximum atomic E-state index is 13.2. The van der Waals surface area contributed by atoms with Crippen molar-refractivity contribution in [3.8, 4) is 0 Å². The van der Waals surface area contributed by atoms with E-state index >= 15 is 0 Å². The molecule has 4 nitrogen and oxygen atoms in total. The van der Waals surface area contributed by atoms with Gasteiger partial charge in [-0.15, -0.1) is 0 Å². The Morgan fingerprint density at radius 3 is 2.37 bits per heavy atom. The zero-order valence-electron chi connectivity index (χ0n) is 14.9. The van der Waals surface area contributed by atoms with Gasteiger partial charge in [-0.2, -0.15) is 13.2 Å². The lowest BCUT2D eigenvalue weighted by Gasteiger charge is -2.40. The van der Waals surface area contributed by atoms with Crippen LogP contribution in [0.25, 0.3) is 0 Å². The normalized spacial score (nSPS) is 24.5. The number of halogens is 3. The molecule has 2 saturated heterocycles. The van der Waals surface area contributed by atoms with E-state index in [1.807, 2.05) is 0 Å². The van der Waals surface area contributed by atoms with E-state index < -0.39 is 11.6 Å². The smallest absolute Gasteiger partial charge is 0.398 e. The first kappa shape index (κ1) is 18.3. The molecule has 1 aliphatic carbocycles. The number of cyclic esters (lactones) is 1. The van der Waals surface area contributed by atoms with E-state index in [9.17, 15) is 22.8 Å². The van der Waals surface area contributed by atoms with Crippen LogP contribution in [-0.4, -0.2) is 42.6 Å². The summed E-state index contributed by atoms with van der Waals surface area (Å²) in [7, 11) is 0. The number of hydrogen-bond acceptors (Lipinski definition) is 3. The Balaban J connectivity index is 1.27. The van der Waals surface area contributed by atoms with Crippen molar-refractivity contribution in [1.82, 2.24) is 4.90 Å². The lowest BCUT2D eigenvalue weighted by Crippen LogP contribution is -2.48. The van der Waals surface area contributed by atoms with Gasteiger partial charge in [-0.3, -0.25) is 9.59 Å². The predicted molar refractivity (Wildman–Crippen MR) is 91.0 cm³/mol. The minimum Gasteiger partial charge on any atom is -0.465 e. The number of benzene rings is 1. The number of hydrogen-bond donors (Lipinski definition) is 0. The van der Waals surface area contributed by atoms with Crippen LogP contribution in [0.1, 0.15) is 49.1 Å². The molecule has 27 heavy (non-hydrogen) atoms. The molecule has 1 atom stereocenters. The molecule has 3 fully saturated rings. The highest BCUT2D eigenvalue weighted by molar-refractivity contribution is 5.77. The van der Waals surface area contributed by atoms with Gasteiger partial charge in [0, 0.05) is 31.3 Å². The first-order valence-electron chi connectivity index (χ1n) is 9.39. The summed E-state index contributed by atoms with van der Waals surface area (Å²) < 4.78 is 44.5. The number of likely N-dealkylation sites (tertiary alicyclic amines) is 1. The van der Waals surface area contributed by atoms with E-state index in [2.05, 4.69) is 0 Å². The SMILES string of the molecule is O=C1C[C@@H](CCC(=O)N2CC(c3ccc(C4(C(F)(F)F)CC4)cc3)C2)CO1. The van der Waals surface area contributed by atoms with Crippen molar-refractivity contribution >= 4 is 11.9 Å². The Morgan fingerprint density at radius 2 is 1.85 bits per heavy atom. The molecule has 0 bridgehead atoms. The van der Waals surface area contributed by atoms with Gasteiger partial charge < -0.3 is 9.64 Å². The molecule has 0 spiro atoms. The number of carbonyl (C=O) groups is 2. The number of esters is 1. The standard InChI is InChI=1S/C20H22F3NO3/c21-20(22,23)19(7-8-19)16-4-2-14(3-5-16)15-10-24(11-15)17(25)6-1-13-9-18(26)27-12-13/h2-5,13,15H,1,6-12H2/t13-/m1/s1. The van der Waals surface area contributed by atoms with Crippen molar-refractivity contribution in [1.29, 1.82) is 0 Å². The fourth-order valence-electron chi connectivity index (χ4n) is 4.06. The van der Waals surface area contributed by atoms with Crippen molar-refractivity contribution in [2.24, 2.45) is 5.92 Å². The molecule has 1 saturated carbocycles. The van der Waals surface area contributed by atoms with Gasteiger partial charge in [0.05, 0.1) is 18.4 Å². The first-order valence-corrected chi connectivity index (χ1v) is 9.39. The zero-order chi connectivity index (χ0) is 19.2. The van der Waals surface area contributed by atoms with Crippen LogP contribution in [0.5, 0.6) is 0 Å². The summed E-state index contributed by atoms with van der Waals surface area (Å²) in [5, 5.41) is 0. The van der Waals surface area contributed by atoms with Crippen LogP contribution in [0.4, 0.5) is 13.2 Å². The molecule has 1 amide bonds. The van der Waals surface area contributed by atoms with E-state index in [1.54, 1.807) is 29.2 Å². The zero-order valence-corrected chi connectivity index (χ0v) is 14.9.